The second-order valence-electron chi connectivity index (χ2n) is 7.91. The van der Waals surface area contributed by atoms with Crippen molar-refractivity contribution in [3.05, 3.63) is 88.3 Å². The standard InChI is InChI=1S/C26H18BrFN2O5/c27-18-7-6-16(28)9-15(18)12-30-19-4-1-3-17(26(29)33)24(19)25-20(30)10-14(21-5-2-8-34-21)11-22(25)35-13-23(31)32/h1-11H,12-13H2,(H2,29,33)(H,31,32). The van der Waals surface area contributed by atoms with Crippen molar-refractivity contribution >= 4 is 49.6 Å². The van der Waals surface area contributed by atoms with E-state index in [9.17, 15) is 19.1 Å². The Morgan fingerprint density at radius 3 is 2.60 bits per heavy atom. The smallest absolute Gasteiger partial charge is 0.341 e. The summed E-state index contributed by atoms with van der Waals surface area (Å²) in [5, 5.41) is 10.3. The summed E-state index contributed by atoms with van der Waals surface area (Å²) >= 11 is 3.48. The van der Waals surface area contributed by atoms with Gasteiger partial charge in [0.25, 0.3) is 0 Å². The number of carboxylic acids is 1. The Morgan fingerprint density at radius 2 is 1.89 bits per heavy atom. The highest BCUT2D eigenvalue weighted by atomic mass is 79.9. The number of furan rings is 1. The molecule has 0 atom stereocenters. The lowest BCUT2D eigenvalue weighted by molar-refractivity contribution is -0.139. The van der Waals surface area contributed by atoms with Crippen LogP contribution in [0.5, 0.6) is 5.75 Å². The fraction of sp³-hybridized carbons (Fsp3) is 0.0769. The normalized spacial score (nSPS) is 11.3. The van der Waals surface area contributed by atoms with Gasteiger partial charge in [-0.25, -0.2) is 9.18 Å². The molecule has 0 spiro atoms. The molecule has 3 aromatic carbocycles. The lowest BCUT2D eigenvalue weighted by Gasteiger charge is -2.12. The van der Waals surface area contributed by atoms with Gasteiger partial charge in [-0.1, -0.05) is 22.0 Å². The molecule has 5 aromatic rings. The maximum atomic E-state index is 14.1. The molecular formula is C26H18BrFN2O5. The van der Waals surface area contributed by atoms with Crippen molar-refractivity contribution in [1.29, 1.82) is 0 Å². The molecule has 5 rings (SSSR count). The molecule has 0 aliphatic rings. The Labute approximate surface area is 206 Å². The second-order valence-corrected chi connectivity index (χ2v) is 8.77. The van der Waals surface area contributed by atoms with Crippen molar-refractivity contribution in [3.63, 3.8) is 0 Å². The molecule has 0 bridgehead atoms. The number of fused-ring (bicyclic) bond motifs is 3. The second kappa shape index (κ2) is 8.92. The van der Waals surface area contributed by atoms with Crippen molar-refractivity contribution in [2.75, 3.05) is 6.61 Å². The van der Waals surface area contributed by atoms with E-state index >= 15 is 0 Å². The van der Waals surface area contributed by atoms with E-state index in [-0.39, 0.29) is 23.7 Å². The van der Waals surface area contributed by atoms with Crippen molar-refractivity contribution in [1.82, 2.24) is 4.57 Å². The van der Waals surface area contributed by atoms with E-state index < -0.39 is 18.5 Å². The molecule has 35 heavy (non-hydrogen) atoms. The molecule has 0 fully saturated rings. The van der Waals surface area contributed by atoms with Crippen LogP contribution >= 0.6 is 15.9 Å². The van der Waals surface area contributed by atoms with E-state index in [4.69, 9.17) is 14.9 Å². The molecule has 176 valence electrons. The Bertz CT molecular complexity index is 1610. The Morgan fingerprint density at radius 1 is 1.06 bits per heavy atom. The van der Waals surface area contributed by atoms with E-state index in [0.29, 0.717) is 43.2 Å². The van der Waals surface area contributed by atoms with Crippen LogP contribution < -0.4 is 10.5 Å². The number of carbonyl (C=O) groups excluding carboxylic acids is 1. The van der Waals surface area contributed by atoms with Crippen LogP contribution in [-0.2, 0) is 11.3 Å². The summed E-state index contributed by atoms with van der Waals surface area (Å²) in [7, 11) is 0. The lowest BCUT2D eigenvalue weighted by atomic mass is 10.0. The molecule has 2 aromatic heterocycles. The van der Waals surface area contributed by atoms with Gasteiger partial charge in [-0.2, -0.15) is 0 Å². The zero-order valence-corrected chi connectivity index (χ0v) is 19.7. The van der Waals surface area contributed by atoms with Gasteiger partial charge in [0.1, 0.15) is 17.3 Å². The highest BCUT2D eigenvalue weighted by Crippen LogP contribution is 2.41. The number of carbonyl (C=O) groups is 2. The summed E-state index contributed by atoms with van der Waals surface area (Å²) in [6, 6.07) is 16.6. The number of aliphatic carboxylic acids is 1. The molecule has 3 N–H and O–H groups in total. The van der Waals surface area contributed by atoms with Crippen LogP contribution in [0.25, 0.3) is 33.1 Å². The summed E-state index contributed by atoms with van der Waals surface area (Å²) in [6.07, 6.45) is 1.53. The van der Waals surface area contributed by atoms with Gasteiger partial charge in [-0.05, 0) is 60.2 Å². The number of aromatic nitrogens is 1. The zero-order chi connectivity index (χ0) is 24.7. The minimum atomic E-state index is -1.15. The number of hydrogen-bond acceptors (Lipinski definition) is 4. The first-order chi connectivity index (χ1) is 16.8. The largest absolute Gasteiger partial charge is 0.481 e. The van der Waals surface area contributed by atoms with Crippen LogP contribution in [0.15, 0.2) is 75.8 Å². The number of amides is 1. The molecule has 2 heterocycles. The summed E-state index contributed by atoms with van der Waals surface area (Å²) in [4.78, 5) is 23.7. The number of ether oxygens (including phenoxy) is 1. The SMILES string of the molecule is NC(=O)c1cccc2c1c1c(OCC(=O)O)cc(-c3ccco3)cc1n2Cc1cc(F)ccc1Br. The first-order valence-electron chi connectivity index (χ1n) is 10.5. The van der Waals surface area contributed by atoms with Gasteiger partial charge in [0.05, 0.1) is 22.7 Å². The Balaban J connectivity index is 1.88. The number of nitrogens with two attached hydrogens (primary N) is 1. The first kappa shape index (κ1) is 22.7. The van der Waals surface area contributed by atoms with Crippen molar-refractivity contribution in [2.24, 2.45) is 5.73 Å². The van der Waals surface area contributed by atoms with Gasteiger partial charge in [0, 0.05) is 27.5 Å². The van der Waals surface area contributed by atoms with Gasteiger partial charge in [-0.15, -0.1) is 0 Å². The van der Waals surface area contributed by atoms with E-state index in [1.807, 2.05) is 16.7 Å². The first-order valence-corrected chi connectivity index (χ1v) is 11.3. The monoisotopic (exact) mass is 536 g/mol. The molecule has 0 saturated carbocycles. The van der Waals surface area contributed by atoms with Gasteiger partial charge < -0.3 is 24.6 Å². The third kappa shape index (κ3) is 4.15. The number of halogens is 2. The van der Waals surface area contributed by atoms with E-state index in [2.05, 4.69) is 15.9 Å². The summed E-state index contributed by atoms with van der Waals surface area (Å²) in [6.45, 7) is -0.335. The number of nitrogens with zero attached hydrogens (tertiary/aromatic N) is 1. The molecule has 0 aliphatic heterocycles. The number of benzene rings is 3. The van der Waals surface area contributed by atoms with Crippen LogP contribution in [-0.4, -0.2) is 28.2 Å². The highest BCUT2D eigenvalue weighted by molar-refractivity contribution is 9.10. The van der Waals surface area contributed by atoms with Gasteiger partial charge >= 0.3 is 5.97 Å². The Hall–Kier alpha value is -4.11. The predicted octanol–water partition coefficient (Wildman–Crippen LogP) is 5.57. The van der Waals surface area contributed by atoms with Gasteiger partial charge in [-0.3, -0.25) is 4.79 Å². The van der Waals surface area contributed by atoms with Gasteiger partial charge in [0.15, 0.2) is 6.61 Å². The lowest BCUT2D eigenvalue weighted by Crippen LogP contribution is -2.11. The molecule has 9 heteroatoms. The maximum Gasteiger partial charge on any atom is 0.341 e. The van der Waals surface area contributed by atoms with Crippen molar-refractivity contribution in [2.45, 2.75) is 6.54 Å². The fourth-order valence-corrected chi connectivity index (χ4v) is 4.64. The fourth-order valence-electron chi connectivity index (χ4n) is 4.27. The Kier molecular flexibility index (Phi) is 5.78. The van der Waals surface area contributed by atoms with Crippen LogP contribution in [0.4, 0.5) is 4.39 Å². The average molecular weight is 537 g/mol. The van der Waals surface area contributed by atoms with Crippen LogP contribution in [0, 0.1) is 5.82 Å². The summed E-state index contributed by atoms with van der Waals surface area (Å²) in [5.41, 5.74) is 8.57. The number of rotatable bonds is 7. The molecule has 0 saturated heterocycles. The third-order valence-electron chi connectivity index (χ3n) is 5.71. The highest BCUT2D eigenvalue weighted by Gasteiger charge is 2.22. The summed E-state index contributed by atoms with van der Waals surface area (Å²) < 4.78 is 28.0. The zero-order valence-electron chi connectivity index (χ0n) is 18.1. The molecule has 1 amide bonds. The maximum absolute atomic E-state index is 14.1. The van der Waals surface area contributed by atoms with Crippen LogP contribution in [0.2, 0.25) is 0 Å². The quantitative estimate of drug-likeness (QED) is 0.283. The van der Waals surface area contributed by atoms with Crippen molar-refractivity contribution < 1.29 is 28.2 Å². The minimum absolute atomic E-state index is 0.251. The topological polar surface area (TPSA) is 108 Å². The third-order valence-corrected chi connectivity index (χ3v) is 6.49. The van der Waals surface area contributed by atoms with Crippen LogP contribution in [0.1, 0.15) is 15.9 Å². The summed E-state index contributed by atoms with van der Waals surface area (Å²) in [5.74, 6) is -1.37. The average Bonchev–Trinajstić information content (AvgIpc) is 3.47. The van der Waals surface area contributed by atoms with E-state index in [0.717, 1.165) is 0 Å². The number of primary amides is 1. The predicted molar refractivity (Wildman–Crippen MR) is 132 cm³/mol. The molecule has 0 aliphatic carbocycles. The molecule has 0 unspecified atom stereocenters. The van der Waals surface area contributed by atoms with E-state index in [1.165, 1.54) is 18.4 Å². The van der Waals surface area contributed by atoms with Crippen molar-refractivity contribution in [3.8, 4) is 17.1 Å². The molecular weight excluding hydrogens is 519 g/mol. The minimum Gasteiger partial charge on any atom is -0.481 e. The van der Waals surface area contributed by atoms with E-state index in [1.54, 1.807) is 36.4 Å². The molecule has 0 radical (unpaired) electrons. The number of hydrogen-bond donors (Lipinski definition) is 2. The van der Waals surface area contributed by atoms with Gasteiger partial charge in [0.2, 0.25) is 5.91 Å². The number of carboxylic acid groups (broad SMARTS) is 1. The molecule has 7 nitrogen and oxygen atoms in total. The van der Waals surface area contributed by atoms with Crippen LogP contribution in [0.3, 0.4) is 0 Å².